The molecule has 0 saturated carbocycles. The Balaban J connectivity index is 4.46. The fraction of sp³-hybridized carbons (Fsp3) is 0.700. The molecule has 0 fully saturated rings. The van der Waals surface area contributed by atoms with Gasteiger partial charge in [0, 0.05) is 6.92 Å². The number of hydrogen-bond acceptors (Lipinski definition) is 3. The van der Waals surface area contributed by atoms with E-state index in [0.717, 1.165) is 0 Å². The van der Waals surface area contributed by atoms with Gasteiger partial charge in [-0.3, -0.25) is 9.59 Å². The third-order valence-corrected chi connectivity index (χ3v) is 2.49. The lowest BCUT2D eigenvalue weighted by Crippen LogP contribution is -2.55. The minimum absolute atomic E-state index is 0.204. The highest BCUT2D eigenvalue weighted by atomic mass is 16.4. The average molecular weight is 230 g/mol. The van der Waals surface area contributed by atoms with Gasteiger partial charge in [-0.25, -0.2) is 4.79 Å². The Morgan fingerprint density at radius 3 is 2.00 bits per heavy atom. The molecule has 0 aliphatic rings. The van der Waals surface area contributed by atoms with E-state index in [1.807, 2.05) is 0 Å². The maximum Gasteiger partial charge on any atom is 0.329 e. The number of carbonyl (C=O) groups is 3. The minimum atomic E-state index is -1.24. The van der Waals surface area contributed by atoms with Crippen LogP contribution in [-0.2, 0) is 14.4 Å². The van der Waals surface area contributed by atoms with Crippen molar-refractivity contribution >= 4 is 17.8 Å². The van der Waals surface area contributed by atoms with E-state index in [9.17, 15) is 14.4 Å². The topological polar surface area (TPSA) is 95.5 Å². The normalized spacial score (nSPS) is 10.7. The summed E-state index contributed by atoms with van der Waals surface area (Å²) in [4.78, 5) is 33.0. The summed E-state index contributed by atoms with van der Waals surface area (Å²) in [5.74, 6) is -1.89. The minimum Gasteiger partial charge on any atom is -0.480 e. The number of nitrogens with one attached hydrogen (secondary N) is 2. The Labute approximate surface area is 94.4 Å². The molecule has 0 saturated heterocycles. The zero-order chi connectivity index (χ0) is 12.8. The van der Waals surface area contributed by atoms with Crippen molar-refractivity contribution in [3.8, 4) is 0 Å². The van der Waals surface area contributed by atoms with Gasteiger partial charge in [0.05, 0.1) is 6.54 Å². The zero-order valence-electron chi connectivity index (χ0n) is 9.79. The second-order valence-corrected chi connectivity index (χ2v) is 3.55. The van der Waals surface area contributed by atoms with Crippen molar-refractivity contribution in [1.82, 2.24) is 10.6 Å². The first kappa shape index (κ1) is 14.4. The number of carbonyl (C=O) groups excluding carboxylic acids is 2. The van der Waals surface area contributed by atoms with Gasteiger partial charge in [0.2, 0.25) is 11.8 Å². The highest BCUT2D eigenvalue weighted by Gasteiger charge is 2.36. The fourth-order valence-corrected chi connectivity index (χ4v) is 1.30. The summed E-state index contributed by atoms with van der Waals surface area (Å²) in [6.45, 7) is 4.47. The molecule has 0 aromatic heterocycles. The van der Waals surface area contributed by atoms with Crippen LogP contribution in [0.3, 0.4) is 0 Å². The van der Waals surface area contributed by atoms with E-state index in [4.69, 9.17) is 5.11 Å². The van der Waals surface area contributed by atoms with Crippen molar-refractivity contribution in [1.29, 1.82) is 0 Å². The van der Waals surface area contributed by atoms with Crippen LogP contribution in [0.1, 0.15) is 33.6 Å². The van der Waals surface area contributed by atoms with Crippen molar-refractivity contribution in [2.45, 2.75) is 39.2 Å². The quantitative estimate of drug-likeness (QED) is 0.593. The van der Waals surface area contributed by atoms with E-state index in [1.165, 1.54) is 6.92 Å². The van der Waals surface area contributed by atoms with Gasteiger partial charge < -0.3 is 15.7 Å². The lowest BCUT2D eigenvalue weighted by Gasteiger charge is -2.28. The largest absolute Gasteiger partial charge is 0.480 e. The molecule has 0 aromatic carbocycles. The van der Waals surface area contributed by atoms with Crippen LogP contribution in [0.15, 0.2) is 0 Å². The van der Waals surface area contributed by atoms with Gasteiger partial charge >= 0.3 is 5.97 Å². The number of hydrogen-bond donors (Lipinski definition) is 3. The summed E-state index contributed by atoms with van der Waals surface area (Å²) in [6, 6.07) is 0. The SMILES string of the molecule is CCC(CC)(NC(=O)CNC(C)=O)C(=O)O. The molecule has 0 aromatic rings. The Kier molecular flexibility index (Phi) is 5.49. The molecule has 92 valence electrons. The van der Waals surface area contributed by atoms with Gasteiger partial charge in [0.1, 0.15) is 5.54 Å². The predicted octanol–water partition coefficient (Wildman–Crippen LogP) is -0.118. The van der Waals surface area contributed by atoms with Crippen LogP contribution in [0, 0.1) is 0 Å². The summed E-state index contributed by atoms with van der Waals surface area (Å²) in [5.41, 5.74) is -1.24. The zero-order valence-corrected chi connectivity index (χ0v) is 9.79. The molecule has 3 N–H and O–H groups in total. The molecule has 0 spiro atoms. The van der Waals surface area contributed by atoms with E-state index in [-0.39, 0.29) is 12.5 Å². The number of carboxylic acids is 1. The maximum absolute atomic E-state index is 11.4. The first-order valence-electron chi connectivity index (χ1n) is 5.16. The van der Waals surface area contributed by atoms with Gasteiger partial charge in [-0.1, -0.05) is 13.8 Å². The Bertz CT molecular complexity index is 285. The van der Waals surface area contributed by atoms with Crippen LogP contribution >= 0.6 is 0 Å². The van der Waals surface area contributed by atoms with Crippen molar-refractivity contribution in [2.24, 2.45) is 0 Å². The van der Waals surface area contributed by atoms with E-state index in [0.29, 0.717) is 12.8 Å². The van der Waals surface area contributed by atoms with Gasteiger partial charge in [0.15, 0.2) is 0 Å². The molecule has 6 nitrogen and oxygen atoms in total. The molecule has 0 heterocycles. The number of carboxylic acid groups (broad SMARTS) is 1. The van der Waals surface area contributed by atoms with Crippen molar-refractivity contribution in [3.05, 3.63) is 0 Å². The monoisotopic (exact) mass is 230 g/mol. The van der Waals surface area contributed by atoms with E-state index in [2.05, 4.69) is 10.6 Å². The molecule has 6 heteroatoms. The maximum atomic E-state index is 11.4. The van der Waals surface area contributed by atoms with Gasteiger partial charge in [-0.2, -0.15) is 0 Å². The van der Waals surface area contributed by atoms with Crippen molar-refractivity contribution in [2.75, 3.05) is 6.54 Å². The fourth-order valence-electron chi connectivity index (χ4n) is 1.30. The standard InChI is InChI=1S/C10H18N2O4/c1-4-10(5-2,9(15)16)12-8(14)6-11-7(3)13/h4-6H2,1-3H3,(H,11,13)(H,12,14)(H,15,16). The summed E-state index contributed by atoms with van der Waals surface area (Å²) < 4.78 is 0. The summed E-state index contributed by atoms with van der Waals surface area (Å²) in [7, 11) is 0. The molecule has 2 amide bonds. The molecule has 16 heavy (non-hydrogen) atoms. The van der Waals surface area contributed by atoms with Crippen LogP contribution in [0.5, 0.6) is 0 Å². The lowest BCUT2D eigenvalue weighted by atomic mass is 9.93. The van der Waals surface area contributed by atoms with Crippen LogP contribution in [0.2, 0.25) is 0 Å². The Morgan fingerprint density at radius 1 is 1.19 bits per heavy atom. The van der Waals surface area contributed by atoms with Crippen molar-refractivity contribution < 1.29 is 19.5 Å². The molecule has 0 rings (SSSR count). The molecule has 0 aliphatic carbocycles. The van der Waals surface area contributed by atoms with Crippen LogP contribution in [0.25, 0.3) is 0 Å². The van der Waals surface area contributed by atoms with Crippen molar-refractivity contribution in [3.63, 3.8) is 0 Å². The molecule has 0 aliphatic heterocycles. The second kappa shape index (κ2) is 6.09. The first-order chi connectivity index (χ1) is 7.38. The third kappa shape index (κ3) is 3.88. The van der Waals surface area contributed by atoms with Crippen LogP contribution in [-0.4, -0.2) is 35.0 Å². The molecule has 0 radical (unpaired) electrons. The Hall–Kier alpha value is -1.59. The van der Waals surface area contributed by atoms with E-state index >= 15 is 0 Å². The van der Waals surface area contributed by atoms with E-state index < -0.39 is 17.4 Å². The summed E-state index contributed by atoms with van der Waals surface area (Å²) in [6.07, 6.45) is 0.593. The van der Waals surface area contributed by atoms with Gasteiger partial charge in [-0.05, 0) is 12.8 Å². The number of rotatable bonds is 6. The molecule has 0 bridgehead atoms. The van der Waals surface area contributed by atoms with E-state index in [1.54, 1.807) is 13.8 Å². The summed E-state index contributed by atoms with van der Waals surface area (Å²) >= 11 is 0. The average Bonchev–Trinajstić information content (AvgIpc) is 2.22. The number of amides is 2. The predicted molar refractivity (Wildman–Crippen MR) is 57.8 cm³/mol. The smallest absolute Gasteiger partial charge is 0.329 e. The van der Waals surface area contributed by atoms with Crippen LogP contribution in [0.4, 0.5) is 0 Å². The molecular formula is C10H18N2O4. The second-order valence-electron chi connectivity index (χ2n) is 3.55. The lowest BCUT2D eigenvalue weighted by molar-refractivity contribution is -0.148. The Morgan fingerprint density at radius 2 is 1.69 bits per heavy atom. The highest BCUT2D eigenvalue weighted by Crippen LogP contribution is 2.14. The number of aliphatic carboxylic acids is 1. The highest BCUT2D eigenvalue weighted by molar-refractivity contribution is 5.89. The molecule has 0 unspecified atom stereocenters. The van der Waals surface area contributed by atoms with Gasteiger partial charge in [-0.15, -0.1) is 0 Å². The third-order valence-electron chi connectivity index (χ3n) is 2.49. The molecular weight excluding hydrogens is 212 g/mol. The first-order valence-corrected chi connectivity index (χ1v) is 5.16. The molecule has 0 atom stereocenters. The summed E-state index contributed by atoms with van der Waals surface area (Å²) in [5, 5.41) is 13.8. The van der Waals surface area contributed by atoms with Gasteiger partial charge in [0.25, 0.3) is 0 Å². The van der Waals surface area contributed by atoms with Crippen LogP contribution < -0.4 is 10.6 Å².